The molecule has 0 radical (unpaired) electrons. The first-order valence-corrected chi connectivity index (χ1v) is 8.49. The molecule has 27 heavy (non-hydrogen) atoms. The summed E-state index contributed by atoms with van der Waals surface area (Å²) in [6.45, 7) is 2.50. The summed E-state index contributed by atoms with van der Waals surface area (Å²) in [7, 11) is 0. The van der Waals surface area contributed by atoms with Crippen molar-refractivity contribution in [3.8, 4) is 0 Å². The van der Waals surface area contributed by atoms with E-state index < -0.39 is 10.8 Å². The van der Waals surface area contributed by atoms with E-state index in [1.54, 1.807) is 12.1 Å². The second-order valence-electron chi connectivity index (χ2n) is 6.11. The van der Waals surface area contributed by atoms with Gasteiger partial charge in [0, 0.05) is 24.8 Å². The molecule has 2 aromatic carbocycles. The molecule has 0 aliphatic carbocycles. The van der Waals surface area contributed by atoms with E-state index in [1.165, 1.54) is 6.07 Å². The van der Waals surface area contributed by atoms with Gasteiger partial charge in [-0.05, 0) is 24.3 Å². The highest BCUT2D eigenvalue weighted by atomic mass is 16.6. The van der Waals surface area contributed by atoms with Crippen LogP contribution in [0.3, 0.4) is 0 Å². The number of nitro benzene ring substituents is 1. The monoisotopic (exact) mass is 367 g/mol. The van der Waals surface area contributed by atoms with Crippen LogP contribution in [-0.4, -0.2) is 47.1 Å². The summed E-state index contributed by atoms with van der Waals surface area (Å²) < 4.78 is 5.33. The molecule has 9 heteroatoms. The van der Waals surface area contributed by atoms with Crippen LogP contribution in [0.4, 0.5) is 17.3 Å². The van der Waals surface area contributed by atoms with Crippen molar-refractivity contribution in [3.63, 3.8) is 0 Å². The zero-order valence-electron chi connectivity index (χ0n) is 14.3. The number of nitro groups is 1. The molecule has 0 atom stereocenters. The maximum Gasteiger partial charge on any atom is 0.282 e. The maximum atomic E-state index is 12.7. The van der Waals surface area contributed by atoms with Gasteiger partial charge < -0.3 is 14.6 Å². The fraction of sp³-hybridized carbons (Fsp3) is 0.222. The highest BCUT2D eigenvalue weighted by Gasteiger charge is 2.23. The van der Waals surface area contributed by atoms with E-state index >= 15 is 0 Å². The van der Waals surface area contributed by atoms with Gasteiger partial charge in [-0.1, -0.05) is 12.1 Å². The SMILES string of the molecule is O=C(Nc1nc2ccccc2[nH]1)c1cc(N2CCOCC2)ccc1[N+](=O)[O-]. The highest BCUT2D eigenvalue weighted by Crippen LogP contribution is 2.26. The van der Waals surface area contributed by atoms with Crippen LogP contribution in [0.1, 0.15) is 10.4 Å². The van der Waals surface area contributed by atoms with Crippen molar-refractivity contribution in [2.24, 2.45) is 0 Å². The molecule has 3 aromatic rings. The number of morpholine rings is 1. The van der Waals surface area contributed by atoms with Gasteiger partial charge in [-0.15, -0.1) is 0 Å². The van der Waals surface area contributed by atoms with E-state index in [1.807, 2.05) is 29.2 Å². The molecule has 1 aliphatic rings. The number of nitrogens with one attached hydrogen (secondary N) is 2. The van der Waals surface area contributed by atoms with Crippen molar-refractivity contribution in [2.45, 2.75) is 0 Å². The number of carbonyl (C=O) groups excluding carboxylic acids is 1. The number of imidazole rings is 1. The minimum atomic E-state index is -0.587. The van der Waals surface area contributed by atoms with Crippen LogP contribution >= 0.6 is 0 Å². The third kappa shape index (κ3) is 3.44. The molecule has 4 rings (SSSR count). The van der Waals surface area contributed by atoms with Crippen LogP contribution in [-0.2, 0) is 4.74 Å². The minimum absolute atomic E-state index is 0.00977. The topological polar surface area (TPSA) is 113 Å². The zero-order valence-corrected chi connectivity index (χ0v) is 14.3. The predicted molar refractivity (Wildman–Crippen MR) is 100 cm³/mol. The average molecular weight is 367 g/mol. The molecule has 1 amide bonds. The number of carbonyl (C=O) groups is 1. The van der Waals surface area contributed by atoms with Crippen LogP contribution in [0, 0.1) is 10.1 Å². The number of fused-ring (bicyclic) bond motifs is 1. The maximum absolute atomic E-state index is 12.7. The number of rotatable bonds is 4. The van der Waals surface area contributed by atoms with Gasteiger partial charge in [0.15, 0.2) is 0 Å². The molecule has 0 spiro atoms. The van der Waals surface area contributed by atoms with E-state index in [0.717, 1.165) is 11.2 Å². The third-order valence-corrected chi connectivity index (χ3v) is 4.42. The van der Waals surface area contributed by atoms with Crippen LogP contribution < -0.4 is 10.2 Å². The first-order chi connectivity index (χ1) is 13.1. The zero-order chi connectivity index (χ0) is 18.8. The van der Waals surface area contributed by atoms with Gasteiger partial charge >= 0.3 is 0 Å². The van der Waals surface area contributed by atoms with Gasteiger partial charge in [0.1, 0.15) is 5.56 Å². The van der Waals surface area contributed by atoms with Crippen molar-refractivity contribution >= 4 is 34.3 Å². The highest BCUT2D eigenvalue weighted by molar-refractivity contribution is 6.07. The Morgan fingerprint density at radius 1 is 1.22 bits per heavy atom. The summed E-state index contributed by atoms with van der Waals surface area (Å²) in [4.78, 5) is 32.8. The lowest BCUT2D eigenvalue weighted by atomic mass is 10.1. The molecule has 1 aliphatic heterocycles. The molecule has 2 heterocycles. The number of H-pyrrole nitrogens is 1. The quantitative estimate of drug-likeness (QED) is 0.541. The first-order valence-electron chi connectivity index (χ1n) is 8.49. The lowest BCUT2D eigenvalue weighted by molar-refractivity contribution is -0.385. The van der Waals surface area contributed by atoms with E-state index in [0.29, 0.717) is 31.8 Å². The Hall–Kier alpha value is -3.46. The Labute approximate surface area is 154 Å². The molecular formula is C18H17N5O4. The summed E-state index contributed by atoms with van der Waals surface area (Å²) in [5.41, 5.74) is 1.96. The Kier molecular flexibility index (Phi) is 4.43. The Balaban J connectivity index is 1.64. The molecule has 9 nitrogen and oxygen atoms in total. The Bertz CT molecular complexity index is 977. The Morgan fingerprint density at radius 2 is 2.00 bits per heavy atom. The number of amides is 1. The molecule has 1 aromatic heterocycles. The summed E-state index contributed by atoms with van der Waals surface area (Å²) in [6.07, 6.45) is 0. The van der Waals surface area contributed by atoms with Crippen LogP contribution in [0.15, 0.2) is 42.5 Å². The van der Waals surface area contributed by atoms with Crippen molar-refractivity contribution < 1.29 is 14.5 Å². The molecule has 0 unspecified atom stereocenters. The lowest BCUT2D eigenvalue weighted by Gasteiger charge is -2.29. The summed E-state index contributed by atoms with van der Waals surface area (Å²) in [6, 6.07) is 11.9. The fourth-order valence-corrected chi connectivity index (χ4v) is 3.07. The van der Waals surface area contributed by atoms with Crippen molar-refractivity contribution in [1.82, 2.24) is 9.97 Å². The number of hydrogen-bond donors (Lipinski definition) is 2. The molecule has 2 N–H and O–H groups in total. The molecule has 0 bridgehead atoms. The standard InChI is InChI=1S/C18H17N5O4/c24-17(21-18-19-14-3-1-2-4-15(14)20-18)13-11-12(5-6-16(13)23(25)26)22-7-9-27-10-8-22/h1-6,11H,7-10H2,(H2,19,20,21,24). The number of aromatic nitrogens is 2. The number of anilines is 2. The number of ether oxygens (including phenoxy) is 1. The van der Waals surface area contributed by atoms with Crippen molar-refractivity contribution in [2.75, 3.05) is 36.5 Å². The number of benzene rings is 2. The molecule has 1 fully saturated rings. The lowest BCUT2D eigenvalue weighted by Crippen LogP contribution is -2.36. The van der Waals surface area contributed by atoms with Crippen LogP contribution in [0.25, 0.3) is 11.0 Å². The van der Waals surface area contributed by atoms with Crippen LogP contribution in [0.5, 0.6) is 0 Å². The van der Waals surface area contributed by atoms with Crippen molar-refractivity contribution in [1.29, 1.82) is 0 Å². The minimum Gasteiger partial charge on any atom is -0.378 e. The fourth-order valence-electron chi connectivity index (χ4n) is 3.07. The number of hydrogen-bond acceptors (Lipinski definition) is 6. The van der Waals surface area contributed by atoms with E-state index in [9.17, 15) is 14.9 Å². The number of aromatic amines is 1. The normalized spacial score (nSPS) is 14.3. The van der Waals surface area contributed by atoms with Crippen molar-refractivity contribution in [3.05, 3.63) is 58.1 Å². The summed E-state index contributed by atoms with van der Waals surface area (Å²) in [5.74, 6) is -0.344. The predicted octanol–water partition coefficient (Wildman–Crippen LogP) is 2.56. The van der Waals surface area contributed by atoms with E-state index in [-0.39, 0.29) is 17.2 Å². The van der Waals surface area contributed by atoms with Gasteiger partial charge in [-0.25, -0.2) is 4.98 Å². The smallest absolute Gasteiger partial charge is 0.282 e. The summed E-state index contributed by atoms with van der Waals surface area (Å²) in [5, 5.41) is 14.0. The largest absolute Gasteiger partial charge is 0.378 e. The second-order valence-corrected chi connectivity index (χ2v) is 6.11. The first kappa shape index (κ1) is 17.0. The van der Waals surface area contributed by atoms with E-state index in [4.69, 9.17) is 4.74 Å². The van der Waals surface area contributed by atoms with Gasteiger partial charge in [-0.3, -0.25) is 20.2 Å². The molecule has 138 valence electrons. The molecular weight excluding hydrogens is 350 g/mol. The van der Waals surface area contributed by atoms with Gasteiger partial charge in [0.05, 0.1) is 29.2 Å². The van der Waals surface area contributed by atoms with Gasteiger partial charge in [0.2, 0.25) is 5.95 Å². The summed E-state index contributed by atoms with van der Waals surface area (Å²) >= 11 is 0. The van der Waals surface area contributed by atoms with E-state index in [2.05, 4.69) is 15.3 Å². The molecule has 0 saturated carbocycles. The van der Waals surface area contributed by atoms with Crippen LogP contribution in [0.2, 0.25) is 0 Å². The number of nitrogens with zero attached hydrogens (tertiary/aromatic N) is 3. The second kappa shape index (κ2) is 7.04. The van der Waals surface area contributed by atoms with Gasteiger partial charge in [-0.2, -0.15) is 0 Å². The van der Waals surface area contributed by atoms with Gasteiger partial charge in [0.25, 0.3) is 11.6 Å². The Morgan fingerprint density at radius 3 is 2.74 bits per heavy atom. The number of para-hydroxylation sites is 2. The average Bonchev–Trinajstić information content (AvgIpc) is 3.10. The molecule has 1 saturated heterocycles. The third-order valence-electron chi connectivity index (χ3n) is 4.42.